The number of rotatable bonds is 4. The molecule has 0 bridgehead atoms. The van der Waals surface area contributed by atoms with Crippen LogP contribution in [0.15, 0.2) is 12.1 Å². The Balaban J connectivity index is 2.26. The zero-order valence-electron chi connectivity index (χ0n) is 13.3. The predicted octanol–water partition coefficient (Wildman–Crippen LogP) is 4.51. The number of nitriles is 1. The third-order valence-corrected chi connectivity index (χ3v) is 5.85. The number of hydrogen-bond donors (Lipinski definition) is 1. The fourth-order valence-corrected chi connectivity index (χ4v) is 4.82. The lowest BCUT2D eigenvalue weighted by Crippen LogP contribution is -2.21. The largest absolute Gasteiger partial charge is 0.481 e. The van der Waals surface area contributed by atoms with Gasteiger partial charge in [0.25, 0.3) is 0 Å². The predicted molar refractivity (Wildman–Crippen MR) is 89.9 cm³/mol. The summed E-state index contributed by atoms with van der Waals surface area (Å²) in [6.07, 6.45) is 1.58. The van der Waals surface area contributed by atoms with E-state index in [0.717, 1.165) is 38.9 Å². The van der Waals surface area contributed by atoms with Crippen LogP contribution in [0, 0.1) is 18.3 Å². The van der Waals surface area contributed by atoms with E-state index in [2.05, 4.69) is 13.0 Å². The van der Waals surface area contributed by atoms with Crippen molar-refractivity contribution in [2.75, 3.05) is 6.61 Å². The summed E-state index contributed by atoms with van der Waals surface area (Å²) >= 11 is 1.60. The minimum Gasteiger partial charge on any atom is -0.481 e. The number of carboxylic acids is 1. The molecular weight excluding hydrogens is 310 g/mol. The molecule has 0 aliphatic carbocycles. The van der Waals surface area contributed by atoms with Crippen LogP contribution in [0.1, 0.15) is 59.8 Å². The van der Waals surface area contributed by atoms with E-state index in [9.17, 15) is 10.1 Å². The van der Waals surface area contributed by atoms with E-state index >= 15 is 0 Å². The van der Waals surface area contributed by atoms with Gasteiger partial charge in [0.15, 0.2) is 0 Å². The van der Waals surface area contributed by atoms with Crippen LogP contribution in [0.5, 0.6) is 0 Å². The third-order valence-electron chi connectivity index (χ3n) is 4.42. The Hall–Kier alpha value is -1.90. The van der Waals surface area contributed by atoms with Crippen LogP contribution in [-0.2, 0) is 9.53 Å². The number of benzene rings is 1. The molecule has 2 heterocycles. The quantitative estimate of drug-likeness (QED) is 0.896. The lowest BCUT2D eigenvalue weighted by molar-refractivity contribution is -0.140. The molecule has 0 spiro atoms. The summed E-state index contributed by atoms with van der Waals surface area (Å²) in [7, 11) is 0. The van der Waals surface area contributed by atoms with E-state index in [4.69, 9.17) is 9.84 Å². The van der Waals surface area contributed by atoms with Crippen molar-refractivity contribution in [1.29, 1.82) is 5.26 Å². The molecule has 1 aromatic carbocycles. The monoisotopic (exact) mass is 329 g/mol. The summed E-state index contributed by atoms with van der Waals surface area (Å²) in [5.74, 6) is -0.618. The maximum Gasteiger partial charge on any atom is 0.306 e. The first-order chi connectivity index (χ1) is 11.1. The molecule has 5 heteroatoms. The third kappa shape index (κ3) is 2.73. The van der Waals surface area contributed by atoms with E-state index in [1.54, 1.807) is 11.3 Å². The number of fused-ring (bicyclic) bond motifs is 3. The molecule has 0 saturated carbocycles. The molecule has 1 unspecified atom stereocenters. The van der Waals surface area contributed by atoms with Crippen molar-refractivity contribution in [3.8, 4) is 6.07 Å². The minimum atomic E-state index is -0.857. The number of hydrogen-bond acceptors (Lipinski definition) is 4. The molecule has 120 valence electrons. The van der Waals surface area contributed by atoms with Crippen LogP contribution < -0.4 is 0 Å². The van der Waals surface area contributed by atoms with Gasteiger partial charge in [-0.05, 0) is 30.5 Å². The summed E-state index contributed by atoms with van der Waals surface area (Å²) < 4.78 is 6.96. The molecule has 0 amide bonds. The van der Waals surface area contributed by atoms with Gasteiger partial charge in [0.2, 0.25) is 0 Å². The number of thiophene rings is 1. The molecule has 1 aliphatic rings. The Morgan fingerprint density at radius 1 is 1.52 bits per heavy atom. The van der Waals surface area contributed by atoms with E-state index < -0.39 is 12.1 Å². The van der Waals surface area contributed by atoms with Gasteiger partial charge < -0.3 is 9.84 Å². The zero-order chi connectivity index (χ0) is 16.6. The Morgan fingerprint density at radius 3 is 2.96 bits per heavy atom. The second kappa shape index (κ2) is 6.31. The van der Waals surface area contributed by atoms with Crippen LogP contribution in [0.3, 0.4) is 0 Å². The first kappa shape index (κ1) is 16.0. The topological polar surface area (TPSA) is 70.3 Å². The van der Waals surface area contributed by atoms with Crippen LogP contribution in [-0.4, -0.2) is 17.7 Å². The summed E-state index contributed by atoms with van der Waals surface area (Å²) in [5.41, 5.74) is 2.97. The van der Waals surface area contributed by atoms with Gasteiger partial charge in [-0.15, -0.1) is 11.3 Å². The van der Waals surface area contributed by atoms with Crippen molar-refractivity contribution >= 4 is 27.4 Å². The summed E-state index contributed by atoms with van der Waals surface area (Å²) in [5, 5.41) is 19.7. The highest BCUT2D eigenvalue weighted by Gasteiger charge is 2.33. The van der Waals surface area contributed by atoms with Crippen molar-refractivity contribution in [2.45, 2.75) is 45.1 Å². The molecule has 1 aromatic heterocycles. The Bertz CT molecular complexity index is 803. The molecular formula is C18H19NO3S. The maximum absolute atomic E-state index is 11.2. The number of nitrogens with zero attached hydrogens (tertiary/aromatic N) is 1. The van der Waals surface area contributed by atoms with Crippen LogP contribution >= 0.6 is 11.3 Å². The van der Waals surface area contributed by atoms with Crippen LogP contribution in [0.25, 0.3) is 10.1 Å². The molecule has 0 radical (unpaired) electrons. The fourth-order valence-electron chi connectivity index (χ4n) is 3.39. The van der Waals surface area contributed by atoms with Crippen molar-refractivity contribution in [2.24, 2.45) is 0 Å². The highest BCUT2D eigenvalue weighted by Crippen LogP contribution is 2.48. The molecule has 3 rings (SSSR count). The van der Waals surface area contributed by atoms with Crippen LogP contribution in [0.4, 0.5) is 0 Å². The van der Waals surface area contributed by atoms with E-state index in [-0.39, 0.29) is 12.3 Å². The van der Waals surface area contributed by atoms with E-state index in [0.29, 0.717) is 12.2 Å². The van der Waals surface area contributed by atoms with Gasteiger partial charge in [-0.3, -0.25) is 4.79 Å². The molecule has 1 N–H and O–H groups in total. The maximum atomic E-state index is 11.2. The Labute approximate surface area is 139 Å². The SMILES string of the molecule is CCCC1CO[C@@H](CC(=O)O)c2sc3c(C)ccc(C#N)c3c21. The van der Waals surface area contributed by atoms with Gasteiger partial charge >= 0.3 is 5.97 Å². The number of aliphatic carboxylic acids is 1. The second-order valence-corrected chi connectivity index (χ2v) is 7.08. The number of ether oxygens (including phenoxy) is 1. The highest BCUT2D eigenvalue weighted by atomic mass is 32.1. The van der Waals surface area contributed by atoms with E-state index in [1.807, 2.05) is 19.1 Å². The number of aryl methyl sites for hydroxylation is 1. The average molecular weight is 329 g/mol. The van der Waals surface area contributed by atoms with Gasteiger partial charge in [0, 0.05) is 20.9 Å². The minimum absolute atomic E-state index is 0.0282. The molecule has 0 saturated heterocycles. The smallest absolute Gasteiger partial charge is 0.306 e. The standard InChI is InChI=1S/C18H19NO3S/c1-3-4-12-9-22-13(7-14(20)21)18-16(12)15-11(8-19)6-5-10(2)17(15)23-18/h5-6,12-13H,3-4,7,9H2,1-2H3,(H,20,21)/t12?,13-/m0/s1. The normalized spacial score (nSPS) is 20.2. The molecule has 1 aliphatic heterocycles. The van der Waals surface area contributed by atoms with Crippen LogP contribution in [0.2, 0.25) is 0 Å². The zero-order valence-corrected chi connectivity index (χ0v) is 14.1. The summed E-state index contributed by atoms with van der Waals surface area (Å²) in [6, 6.07) is 6.13. The molecule has 23 heavy (non-hydrogen) atoms. The number of carboxylic acid groups (broad SMARTS) is 1. The summed E-state index contributed by atoms with van der Waals surface area (Å²) in [6.45, 7) is 4.70. The van der Waals surface area contributed by atoms with Gasteiger partial charge in [-0.2, -0.15) is 5.26 Å². The average Bonchev–Trinajstić information content (AvgIpc) is 2.92. The van der Waals surface area contributed by atoms with Gasteiger partial charge in [-0.1, -0.05) is 19.4 Å². The Kier molecular flexibility index (Phi) is 4.38. The van der Waals surface area contributed by atoms with Crippen molar-refractivity contribution < 1.29 is 14.6 Å². The van der Waals surface area contributed by atoms with E-state index in [1.165, 1.54) is 0 Å². The van der Waals surface area contributed by atoms with Crippen molar-refractivity contribution in [3.05, 3.63) is 33.7 Å². The van der Waals surface area contributed by atoms with Gasteiger partial charge in [0.05, 0.1) is 24.7 Å². The van der Waals surface area contributed by atoms with Crippen molar-refractivity contribution in [3.63, 3.8) is 0 Å². The molecule has 4 nitrogen and oxygen atoms in total. The first-order valence-corrected chi connectivity index (χ1v) is 8.67. The lowest BCUT2D eigenvalue weighted by atomic mass is 9.87. The molecule has 2 atom stereocenters. The second-order valence-electron chi connectivity index (χ2n) is 6.03. The highest BCUT2D eigenvalue weighted by molar-refractivity contribution is 7.19. The first-order valence-electron chi connectivity index (χ1n) is 7.86. The molecule has 0 fully saturated rings. The number of carbonyl (C=O) groups is 1. The fraction of sp³-hybridized carbons (Fsp3) is 0.444. The van der Waals surface area contributed by atoms with Crippen molar-refractivity contribution in [1.82, 2.24) is 0 Å². The Morgan fingerprint density at radius 2 is 2.30 bits per heavy atom. The van der Waals surface area contributed by atoms with Gasteiger partial charge in [0.1, 0.15) is 6.10 Å². The molecule has 2 aromatic rings. The van der Waals surface area contributed by atoms with Gasteiger partial charge in [-0.25, -0.2) is 0 Å². The lowest BCUT2D eigenvalue weighted by Gasteiger charge is -2.29. The summed E-state index contributed by atoms with van der Waals surface area (Å²) in [4.78, 5) is 12.2.